The highest BCUT2D eigenvalue weighted by Gasteiger charge is 2.15. The van der Waals surface area contributed by atoms with Crippen molar-refractivity contribution in [2.24, 2.45) is 0 Å². The fraction of sp³-hybridized carbons (Fsp3) is 0.381. The molecule has 0 aliphatic carbocycles. The summed E-state index contributed by atoms with van der Waals surface area (Å²) in [6.07, 6.45) is 2.08. The summed E-state index contributed by atoms with van der Waals surface area (Å²) >= 11 is 0. The SMILES string of the molecule is CCOc1ccc(C(=O)NCCCN2CCc3ccccc3C2)cc1. The van der Waals surface area contributed by atoms with Crippen LogP contribution in [-0.4, -0.2) is 37.0 Å². The fourth-order valence-corrected chi connectivity index (χ4v) is 3.22. The van der Waals surface area contributed by atoms with Crippen molar-refractivity contribution in [2.45, 2.75) is 26.3 Å². The minimum Gasteiger partial charge on any atom is -0.494 e. The second-order valence-electron chi connectivity index (χ2n) is 6.36. The van der Waals surface area contributed by atoms with Gasteiger partial charge in [0.05, 0.1) is 6.61 Å². The zero-order valence-electron chi connectivity index (χ0n) is 14.8. The molecule has 1 heterocycles. The Labute approximate surface area is 149 Å². The Morgan fingerprint density at radius 3 is 2.64 bits per heavy atom. The number of fused-ring (bicyclic) bond motifs is 1. The molecule has 1 N–H and O–H groups in total. The predicted molar refractivity (Wildman–Crippen MR) is 100.0 cm³/mol. The van der Waals surface area contributed by atoms with Crippen LogP contribution < -0.4 is 10.1 Å². The molecule has 25 heavy (non-hydrogen) atoms. The van der Waals surface area contributed by atoms with Gasteiger partial charge in [-0.05, 0) is 55.2 Å². The lowest BCUT2D eigenvalue weighted by Crippen LogP contribution is -2.33. The topological polar surface area (TPSA) is 41.6 Å². The number of hydrogen-bond donors (Lipinski definition) is 1. The number of benzene rings is 2. The molecule has 132 valence electrons. The molecule has 3 rings (SSSR count). The first-order valence-electron chi connectivity index (χ1n) is 9.06. The monoisotopic (exact) mass is 338 g/mol. The molecule has 0 spiro atoms. The second kappa shape index (κ2) is 8.67. The average molecular weight is 338 g/mol. The van der Waals surface area contributed by atoms with Crippen LogP contribution in [0.5, 0.6) is 5.75 Å². The number of nitrogens with one attached hydrogen (secondary N) is 1. The number of hydrogen-bond acceptors (Lipinski definition) is 3. The molecule has 1 amide bonds. The van der Waals surface area contributed by atoms with E-state index in [1.165, 1.54) is 11.1 Å². The standard InChI is InChI=1S/C21H26N2O2/c1-2-25-20-10-8-18(9-11-20)21(24)22-13-5-14-23-15-12-17-6-3-4-7-19(17)16-23/h3-4,6-11H,2,5,12-16H2,1H3,(H,22,24). The third kappa shape index (κ3) is 4.83. The molecule has 0 aromatic heterocycles. The van der Waals surface area contributed by atoms with Crippen LogP contribution in [-0.2, 0) is 13.0 Å². The quantitative estimate of drug-likeness (QED) is 0.788. The minimum absolute atomic E-state index is 0.0213. The number of carbonyl (C=O) groups is 1. The van der Waals surface area contributed by atoms with E-state index in [9.17, 15) is 4.79 Å². The van der Waals surface area contributed by atoms with Crippen LogP contribution in [0.4, 0.5) is 0 Å². The molecule has 2 aromatic rings. The lowest BCUT2D eigenvalue weighted by atomic mass is 10.00. The summed E-state index contributed by atoms with van der Waals surface area (Å²) < 4.78 is 5.39. The largest absolute Gasteiger partial charge is 0.494 e. The highest BCUT2D eigenvalue weighted by molar-refractivity contribution is 5.94. The maximum atomic E-state index is 12.2. The third-order valence-corrected chi connectivity index (χ3v) is 4.57. The van der Waals surface area contributed by atoms with Crippen LogP contribution in [0.15, 0.2) is 48.5 Å². The highest BCUT2D eigenvalue weighted by atomic mass is 16.5. The Morgan fingerprint density at radius 1 is 1.12 bits per heavy atom. The van der Waals surface area contributed by atoms with Crippen molar-refractivity contribution in [3.8, 4) is 5.75 Å². The van der Waals surface area contributed by atoms with Crippen molar-refractivity contribution >= 4 is 5.91 Å². The number of rotatable bonds is 7. The Balaban J connectivity index is 1.39. The van der Waals surface area contributed by atoms with E-state index in [2.05, 4.69) is 34.5 Å². The van der Waals surface area contributed by atoms with Crippen LogP contribution >= 0.6 is 0 Å². The van der Waals surface area contributed by atoms with Gasteiger partial charge >= 0.3 is 0 Å². The molecule has 1 aliphatic rings. The zero-order valence-corrected chi connectivity index (χ0v) is 14.8. The van der Waals surface area contributed by atoms with Gasteiger partial charge in [0.25, 0.3) is 5.91 Å². The van der Waals surface area contributed by atoms with E-state index in [4.69, 9.17) is 4.74 Å². The molecular weight excluding hydrogens is 312 g/mol. The molecule has 0 atom stereocenters. The maximum Gasteiger partial charge on any atom is 0.251 e. The van der Waals surface area contributed by atoms with Crippen molar-refractivity contribution in [3.05, 3.63) is 65.2 Å². The van der Waals surface area contributed by atoms with E-state index < -0.39 is 0 Å². The molecule has 4 heteroatoms. The first kappa shape index (κ1) is 17.5. The molecule has 0 unspecified atom stereocenters. The Kier molecular flexibility index (Phi) is 6.07. The summed E-state index contributed by atoms with van der Waals surface area (Å²) in [7, 11) is 0. The molecule has 0 bridgehead atoms. The van der Waals surface area contributed by atoms with Gasteiger partial charge in [0.2, 0.25) is 0 Å². The highest BCUT2D eigenvalue weighted by Crippen LogP contribution is 2.18. The van der Waals surface area contributed by atoms with Crippen molar-refractivity contribution in [3.63, 3.8) is 0 Å². The van der Waals surface area contributed by atoms with Crippen LogP contribution in [0.25, 0.3) is 0 Å². The summed E-state index contributed by atoms with van der Waals surface area (Å²) in [6.45, 7) is 6.41. The predicted octanol–water partition coefficient (Wildman–Crippen LogP) is 3.26. The average Bonchev–Trinajstić information content (AvgIpc) is 2.66. The van der Waals surface area contributed by atoms with E-state index in [0.717, 1.165) is 38.2 Å². The molecule has 0 saturated heterocycles. The van der Waals surface area contributed by atoms with E-state index in [1.807, 2.05) is 31.2 Å². The number of ether oxygens (including phenoxy) is 1. The normalized spacial score (nSPS) is 14.0. The first-order valence-corrected chi connectivity index (χ1v) is 9.06. The molecule has 4 nitrogen and oxygen atoms in total. The number of carbonyl (C=O) groups excluding carboxylic acids is 1. The Hall–Kier alpha value is -2.33. The van der Waals surface area contributed by atoms with Crippen LogP contribution in [0.2, 0.25) is 0 Å². The first-order chi connectivity index (χ1) is 12.3. The van der Waals surface area contributed by atoms with E-state index in [1.54, 1.807) is 0 Å². The van der Waals surface area contributed by atoms with Gasteiger partial charge < -0.3 is 10.1 Å². The van der Waals surface area contributed by atoms with Gasteiger partial charge in [0, 0.05) is 31.7 Å². The molecule has 1 aliphatic heterocycles. The Morgan fingerprint density at radius 2 is 1.88 bits per heavy atom. The van der Waals surface area contributed by atoms with Gasteiger partial charge in [-0.15, -0.1) is 0 Å². The minimum atomic E-state index is -0.0213. The summed E-state index contributed by atoms with van der Waals surface area (Å²) in [4.78, 5) is 14.6. The molecular formula is C21H26N2O2. The van der Waals surface area contributed by atoms with Gasteiger partial charge in [-0.2, -0.15) is 0 Å². The summed E-state index contributed by atoms with van der Waals surface area (Å²) in [6, 6.07) is 16.0. The van der Waals surface area contributed by atoms with Crippen molar-refractivity contribution in [1.29, 1.82) is 0 Å². The maximum absolute atomic E-state index is 12.2. The molecule has 0 fully saturated rings. The smallest absolute Gasteiger partial charge is 0.251 e. The van der Waals surface area contributed by atoms with Gasteiger partial charge in [0.1, 0.15) is 5.75 Å². The summed E-state index contributed by atoms with van der Waals surface area (Å²) in [5, 5.41) is 3.00. The van der Waals surface area contributed by atoms with Crippen LogP contribution in [0.1, 0.15) is 34.8 Å². The van der Waals surface area contributed by atoms with E-state index in [-0.39, 0.29) is 5.91 Å². The summed E-state index contributed by atoms with van der Waals surface area (Å²) in [5.41, 5.74) is 3.59. The lowest BCUT2D eigenvalue weighted by Gasteiger charge is -2.28. The van der Waals surface area contributed by atoms with Crippen LogP contribution in [0.3, 0.4) is 0 Å². The van der Waals surface area contributed by atoms with E-state index >= 15 is 0 Å². The fourth-order valence-electron chi connectivity index (χ4n) is 3.22. The van der Waals surface area contributed by atoms with Crippen molar-refractivity contribution in [1.82, 2.24) is 10.2 Å². The van der Waals surface area contributed by atoms with Crippen LogP contribution in [0, 0.1) is 0 Å². The van der Waals surface area contributed by atoms with E-state index in [0.29, 0.717) is 18.7 Å². The van der Waals surface area contributed by atoms with Gasteiger partial charge in [-0.3, -0.25) is 9.69 Å². The molecule has 0 saturated carbocycles. The zero-order chi connectivity index (χ0) is 17.5. The molecule has 2 aromatic carbocycles. The second-order valence-corrected chi connectivity index (χ2v) is 6.36. The van der Waals surface area contributed by atoms with Crippen molar-refractivity contribution in [2.75, 3.05) is 26.2 Å². The third-order valence-electron chi connectivity index (χ3n) is 4.57. The van der Waals surface area contributed by atoms with Crippen molar-refractivity contribution < 1.29 is 9.53 Å². The van der Waals surface area contributed by atoms with Gasteiger partial charge in [-0.25, -0.2) is 0 Å². The Bertz CT molecular complexity index is 697. The number of amides is 1. The number of nitrogens with zero attached hydrogens (tertiary/aromatic N) is 1. The van der Waals surface area contributed by atoms with Gasteiger partial charge in [0.15, 0.2) is 0 Å². The summed E-state index contributed by atoms with van der Waals surface area (Å²) in [5.74, 6) is 0.775. The molecule has 0 radical (unpaired) electrons. The van der Waals surface area contributed by atoms with Gasteiger partial charge in [-0.1, -0.05) is 24.3 Å². The lowest BCUT2D eigenvalue weighted by molar-refractivity contribution is 0.0951.